The van der Waals surface area contributed by atoms with Crippen LogP contribution in [0.4, 0.5) is 17.1 Å². The molecule has 0 N–H and O–H groups in total. The van der Waals surface area contributed by atoms with Gasteiger partial charge >= 0.3 is 0 Å². The Morgan fingerprint density at radius 1 is 0.449 bits per heavy atom. The highest BCUT2D eigenvalue weighted by Crippen LogP contribution is 2.62. The topological polar surface area (TPSA) is 29.3 Å². The van der Waals surface area contributed by atoms with Crippen molar-refractivity contribution in [3.8, 4) is 67.1 Å². The normalized spacial score (nSPS) is 19.6. The van der Waals surface area contributed by atoms with Gasteiger partial charge in [0.1, 0.15) is 5.52 Å². The van der Waals surface area contributed by atoms with E-state index in [-0.39, 0.29) is 5.41 Å². The molecule has 4 saturated carbocycles. The Kier molecular flexibility index (Phi) is 10.5. The fraction of sp³-hybridized carbons (Fsp3) is 0.176. The lowest BCUT2D eigenvalue weighted by molar-refractivity contribution is -0.00260. The first-order valence-electron chi connectivity index (χ1n) is 28.2. The maximum absolute atomic E-state index is 6.21. The van der Waals surface area contributed by atoms with Gasteiger partial charge in [0.05, 0.1) is 0 Å². The minimum absolute atomic E-state index is 0.142. The molecule has 376 valence electrons. The second kappa shape index (κ2) is 17.9. The summed E-state index contributed by atoms with van der Waals surface area (Å²) >= 11 is 1.87. The van der Waals surface area contributed by atoms with Crippen LogP contribution in [0, 0.1) is 23.7 Å². The highest BCUT2D eigenvalue weighted by molar-refractivity contribution is 7.26. The average molecular weight is 1020 g/mol. The molecule has 0 spiro atoms. The van der Waals surface area contributed by atoms with E-state index in [1.54, 1.807) is 5.56 Å². The predicted octanol–water partition coefficient (Wildman–Crippen LogP) is 20.8. The summed E-state index contributed by atoms with van der Waals surface area (Å²) in [6, 6.07) is 83.1. The van der Waals surface area contributed by atoms with Crippen LogP contribution < -0.4 is 4.90 Å². The van der Waals surface area contributed by atoms with Gasteiger partial charge in [-0.2, -0.15) is 0 Å². The average Bonchev–Trinajstić information content (AvgIpc) is 4.19. The standard InChI is InChI=1S/C74H58N2OS/c1-74(2)64-18-10-17-61(59-14-6-7-15-60(59)70-53-39-45-38-46(41-53)42-54(70)40-45)71(64)62-36-28-51(43-65(62)74)47-22-30-55(31-23-47)76(57-34-26-50(27-35-57)73-75-66-19-8-9-20-67(66)77-73)56-32-24-48(25-33-56)52-29-37-63-69(44-52)78-68-21-11-16-58(72(63)68)49-12-4-3-5-13-49/h3-37,43-46,53-54,70H,38-42H2,1-2H3. The number of nitrogens with zero attached hydrogens (tertiary/aromatic N) is 2. The molecule has 0 radical (unpaired) electrons. The Morgan fingerprint density at radius 3 is 1.76 bits per heavy atom. The predicted molar refractivity (Wildman–Crippen MR) is 326 cm³/mol. The van der Waals surface area contributed by atoms with E-state index in [2.05, 4.69) is 219 Å². The third-order valence-electron chi connectivity index (χ3n) is 18.7. The van der Waals surface area contributed by atoms with E-state index in [4.69, 9.17) is 9.40 Å². The van der Waals surface area contributed by atoms with Crippen LogP contribution in [-0.4, -0.2) is 4.98 Å². The first kappa shape index (κ1) is 45.8. The van der Waals surface area contributed by atoms with Crippen molar-refractivity contribution in [2.24, 2.45) is 23.7 Å². The summed E-state index contributed by atoms with van der Waals surface area (Å²) in [4.78, 5) is 7.17. The molecule has 12 aromatic rings. The van der Waals surface area contributed by atoms with Crippen LogP contribution in [-0.2, 0) is 5.41 Å². The Balaban J connectivity index is 0.736. The fourth-order valence-electron chi connectivity index (χ4n) is 15.3. The molecule has 17 rings (SSSR count). The molecular formula is C74H58N2OS. The van der Waals surface area contributed by atoms with Crippen LogP contribution in [0.2, 0.25) is 0 Å². The van der Waals surface area contributed by atoms with Gasteiger partial charge in [-0.25, -0.2) is 4.98 Å². The molecule has 4 bridgehead atoms. The van der Waals surface area contributed by atoms with Crippen LogP contribution in [0.25, 0.3) is 98.4 Å². The number of para-hydroxylation sites is 2. The van der Waals surface area contributed by atoms with E-state index in [0.29, 0.717) is 11.8 Å². The molecule has 2 heterocycles. The molecule has 4 fully saturated rings. The molecule has 2 aromatic heterocycles. The van der Waals surface area contributed by atoms with E-state index in [0.717, 1.165) is 57.4 Å². The van der Waals surface area contributed by atoms with Crippen molar-refractivity contribution in [1.29, 1.82) is 0 Å². The number of oxazole rings is 1. The van der Waals surface area contributed by atoms with Crippen molar-refractivity contribution in [1.82, 2.24) is 4.98 Å². The summed E-state index contributed by atoms with van der Waals surface area (Å²) in [5.74, 6) is 4.91. The van der Waals surface area contributed by atoms with Crippen molar-refractivity contribution >= 4 is 59.7 Å². The summed E-state index contributed by atoms with van der Waals surface area (Å²) in [6.45, 7) is 4.86. The minimum atomic E-state index is -0.142. The first-order valence-corrected chi connectivity index (χ1v) is 29.0. The van der Waals surface area contributed by atoms with Crippen LogP contribution in [0.15, 0.2) is 229 Å². The van der Waals surface area contributed by atoms with Crippen LogP contribution in [0.1, 0.15) is 68.6 Å². The maximum atomic E-state index is 6.21. The molecule has 78 heavy (non-hydrogen) atoms. The third kappa shape index (κ3) is 7.40. The fourth-order valence-corrected chi connectivity index (χ4v) is 16.5. The number of hydrogen-bond acceptors (Lipinski definition) is 4. The van der Waals surface area contributed by atoms with Gasteiger partial charge < -0.3 is 9.32 Å². The van der Waals surface area contributed by atoms with Crippen molar-refractivity contribution in [2.75, 3.05) is 4.90 Å². The summed E-state index contributed by atoms with van der Waals surface area (Å²) in [5, 5.41) is 2.63. The Bertz CT molecular complexity index is 4240. The van der Waals surface area contributed by atoms with E-state index in [1.807, 2.05) is 35.6 Å². The Hall–Kier alpha value is -8.31. The van der Waals surface area contributed by atoms with Gasteiger partial charge in [-0.3, -0.25) is 0 Å². The van der Waals surface area contributed by atoms with Crippen molar-refractivity contribution < 1.29 is 4.42 Å². The molecular weight excluding hydrogens is 965 g/mol. The Morgan fingerprint density at radius 2 is 1.04 bits per heavy atom. The number of benzene rings is 10. The molecule has 5 aliphatic rings. The molecule has 4 heteroatoms. The van der Waals surface area contributed by atoms with Crippen molar-refractivity contribution in [3.05, 3.63) is 241 Å². The van der Waals surface area contributed by atoms with Gasteiger partial charge in [-0.1, -0.05) is 159 Å². The van der Waals surface area contributed by atoms with Gasteiger partial charge in [0.2, 0.25) is 5.89 Å². The van der Waals surface area contributed by atoms with Gasteiger partial charge in [0.25, 0.3) is 0 Å². The van der Waals surface area contributed by atoms with Crippen LogP contribution >= 0.6 is 11.3 Å². The van der Waals surface area contributed by atoms with Gasteiger partial charge in [-0.05, 0) is 213 Å². The number of thiophene rings is 1. The number of rotatable bonds is 9. The summed E-state index contributed by atoms with van der Waals surface area (Å²) in [6.07, 6.45) is 7.22. The highest BCUT2D eigenvalue weighted by atomic mass is 32.1. The summed E-state index contributed by atoms with van der Waals surface area (Å²) in [7, 11) is 0. The second-order valence-corrected chi connectivity index (χ2v) is 24.6. The number of fused-ring (bicyclic) bond motifs is 7. The lowest BCUT2D eigenvalue weighted by Gasteiger charge is -2.55. The number of aromatic nitrogens is 1. The zero-order chi connectivity index (χ0) is 51.6. The summed E-state index contributed by atoms with van der Waals surface area (Å²) < 4.78 is 8.82. The van der Waals surface area contributed by atoms with Crippen molar-refractivity contribution in [2.45, 2.75) is 57.3 Å². The first-order chi connectivity index (χ1) is 38.4. The zero-order valence-electron chi connectivity index (χ0n) is 44.0. The molecule has 10 aromatic carbocycles. The van der Waals surface area contributed by atoms with Gasteiger partial charge in [0, 0.05) is 48.2 Å². The zero-order valence-corrected chi connectivity index (χ0v) is 44.8. The van der Waals surface area contributed by atoms with Gasteiger partial charge in [-0.15, -0.1) is 11.3 Å². The van der Waals surface area contributed by atoms with Crippen LogP contribution in [0.5, 0.6) is 0 Å². The molecule has 0 amide bonds. The second-order valence-electron chi connectivity index (χ2n) is 23.5. The van der Waals surface area contributed by atoms with E-state index in [1.165, 1.54) is 119 Å². The molecule has 0 saturated heterocycles. The summed E-state index contributed by atoms with van der Waals surface area (Å²) in [5.41, 5.74) is 23.1. The maximum Gasteiger partial charge on any atom is 0.227 e. The number of hydrogen-bond donors (Lipinski definition) is 0. The Labute approximate surface area is 460 Å². The monoisotopic (exact) mass is 1020 g/mol. The molecule has 3 nitrogen and oxygen atoms in total. The van der Waals surface area contributed by atoms with Gasteiger partial charge in [0.15, 0.2) is 5.58 Å². The molecule has 0 aliphatic heterocycles. The molecule has 5 aliphatic carbocycles. The largest absolute Gasteiger partial charge is 0.436 e. The third-order valence-corrected chi connectivity index (χ3v) is 19.8. The highest BCUT2D eigenvalue weighted by Gasteiger charge is 2.49. The van der Waals surface area contributed by atoms with Crippen LogP contribution in [0.3, 0.4) is 0 Å². The SMILES string of the molecule is CC1(C)c2cc(-c3ccc(N(c4ccc(-c5ccc6c(c5)sc5cccc(-c7ccccc7)c56)cc4)c4ccc(-c5nc6ccccc6o5)cc4)cc3)ccc2-c2c(-c3ccccc3C3C4CC5CC(C4)CC3C5)cccc21. The van der Waals surface area contributed by atoms with E-state index >= 15 is 0 Å². The smallest absolute Gasteiger partial charge is 0.227 e. The molecule has 0 unspecified atom stereocenters. The van der Waals surface area contributed by atoms with E-state index < -0.39 is 0 Å². The number of anilines is 3. The minimum Gasteiger partial charge on any atom is -0.436 e. The lowest BCUT2D eigenvalue weighted by atomic mass is 9.50. The molecule has 0 atom stereocenters. The lowest BCUT2D eigenvalue weighted by Crippen LogP contribution is -2.43. The van der Waals surface area contributed by atoms with E-state index in [9.17, 15) is 0 Å². The quantitative estimate of drug-likeness (QED) is 0.144. The van der Waals surface area contributed by atoms with Crippen molar-refractivity contribution in [3.63, 3.8) is 0 Å².